The van der Waals surface area contributed by atoms with Gasteiger partial charge in [-0.15, -0.1) is 0 Å². The van der Waals surface area contributed by atoms with Gasteiger partial charge in [0.15, 0.2) is 0 Å². The van der Waals surface area contributed by atoms with Gasteiger partial charge >= 0.3 is 12.1 Å². The third-order valence-corrected chi connectivity index (χ3v) is 4.17. The molecule has 9 nitrogen and oxygen atoms in total. The largest absolute Gasteiger partial charge is 0.497 e. The molecule has 0 aromatic heterocycles. The first-order valence-corrected chi connectivity index (χ1v) is 8.12. The molecular formula is C16H19F5N4O5. The van der Waals surface area contributed by atoms with Crippen molar-refractivity contribution in [3.8, 4) is 5.75 Å². The van der Waals surface area contributed by atoms with E-state index in [-0.39, 0.29) is 12.3 Å². The van der Waals surface area contributed by atoms with E-state index in [0.29, 0.717) is 13.1 Å². The number of carbonyl (C=O) groups excluding carboxylic acids is 2. The number of rotatable bonds is 6. The van der Waals surface area contributed by atoms with E-state index in [4.69, 9.17) is 26.1 Å². The Morgan fingerprint density at radius 3 is 2.03 bits per heavy atom. The Morgan fingerprint density at radius 2 is 1.73 bits per heavy atom. The standard InChI is InChI=1S/C14H18F2N4O3.C2HF3O2/c1-23-7-2-8(15)10(9(16)3-7)11(17)12(21)20-6-14(13(18)22)4-19-5-14;3-2(4,5)1(6)7/h2-3,11,19H,4-6,17H2,1H3,(H2,18,22)(H,20,21);(H,6,7). The summed E-state index contributed by atoms with van der Waals surface area (Å²) in [7, 11) is 1.26. The van der Waals surface area contributed by atoms with Crippen LogP contribution in [0.3, 0.4) is 0 Å². The maximum absolute atomic E-state index is 13.9. The van der Waals surface area contributed by atoms with Crippen molar-refractivity contribution in [2.24, 2.45) is 16.9 Å². The Hall–Kier alpha value is -3.00. The number of halogens is 5. The van der Waals surface area contributed by atoms with E-state index in [1.807, 2.05) is 0 Å². The summed E-state index contributed by atoms with van der Waals surface area (Å²) in [6.45, 7) is 0.591. The molecule has 0 radical (unpaired) electrons. The molecule has 2 amide bonds. The zero-order chi connectivity index (χ0) is 23.3. The van der Waals surface area contributed by atoms with Gasteiger partial charge in [0, 0.05) is 31.8 Å². The highest BCUT2D eigenvalue weighted by Crippen LogP contribution is 2.25. The molecule has 1 aromatic carbocycles. The number of methoxy groups -OCH3 is 1. The number of hydrogen-bond acceptors (Lipinski definition) is 6. The summed E-state index contributed by atoms with van der Waals surface area (Å²) in [6.07, 6.45) is -5.08. The highest BCUT2D eigenvalue weighted by Gasteiger charge is 2.43. The van der Waals surface area contributed by atoms with Gasteiger partial charge in [-0.2, -0.15) is 13.2 Å². The third-order valence-electron chi connectivity index (χ3n) is 4.17. The van der Waals surface area contributed by atoms with Gasteiger partial charge in [0.1, 0.15) is 23.4 Å². The van der Waals surface area contributed by atoms with Crippen molar-refractivity contribution in [2.45, 2.75) is 12.2 Å². The summed E-state index contributed by atoms with van der Waals surface area (Å²) in [6, 6.07) is 0.317. The minimum atomic E-state index is -5.08. The van der Waals surface area contributed by atoms with Crippen molar-refractivity contribution in [1.29, 1.82) is 0 Å². The Labute approximate surface area is 166 Å². The maximum atomic E-state index is 13.9. The highest BCUT2D eigenvalue weighted by molar-refractivity contribution is 5.86. The number of benzene rings is 1. The summed E-state index contributed by atoms with van der Waals surface area (Å²) in [4.78, 5) is 32.3. The van der Waals surface area contributed by atoms with Crippen LogP contribution in [0.25, 0.3) is 0 Å². The molecule has 168 valence electrons. The second kappa shape index (κ2) is 9.67. The maximum Gasteiger partial charge on any atom is 0.490 e. The Morgan fingerprint density at radius 1 is 1.27 bits per heavy atom. The minimum absolute atomic E-state index is 0.0235. The lowest BCUT2D eigenvalue weighted by Gasteiger charge is -2.39. The number of nitrogens with one attached hydrogen (secondary N) is 2. The van der Waals surface area contributed by atoms with Crippen molar-refractivity contribution in [3.63, 3.8) is 0 Å². The van der Waals surface area contributed by atoms with Gasteiger partial charge in [0.25, 0.3) is 0 Å². The van der Waals surface area contributed by atoms with Crippen molar-refractivity contribution >= 4 is 17.8 Å². The van der Waals surface area contributed by atoms with E-state index >= 15 is 0 Å². The Bertz CT molecular complexity index is 791. The molecule has 1 heterocycles. The number of aliphatic carboxylic acids is 1. The lowest BCUT2D eigenvalue weighted by atomic mass is 9.81. The van der Waals surface area contributed by atoms with Crippen LogP contribution < -0.4 is 26.8 Å². The fraction of sp³-hybridized carbons (Fsp3) is 0.438. The van der Waals surface area contributed by atoms with Crippen molar-refractivity contribution < 1.29 is 46.2 Å². The summed E-state index contributed by atoms with van der Waals surface area (Å²) in [5.74, 6) is -6.12. The van der Waals surface area contributed by atoms with Gasteiger partial charge in [-0.3, -0.25) is 9.59 Å². The number of nitrogens with two attached hydrogens (primary N) is 2. The van der Waals surface area contributed by atoms with Crippen LogP contribution >= 0.6 is 0 Å². The Balaban J connectivity index is 0.000000553. The second-order valence-corrected chi connectivity index (χ2v) is 6.25. The predicted octanol–water partition coefficient (Wildman–Crippen LogP) is -0.202. The normalized spacial score (nSPS) is 15.7. The van der Waals surface area contributed by atoms with Crippen LogP contribution in [-0.2, 0) is 14.4 Å². The molecule has 1 aliphatic heterocycles. The van der Waals surface area contributed by atoms with E-state index in [1.165, 1.54) is 7.11 Å². The topological polar surface area (TPSA) is 157 Å². The molecule has 0 saturated carbocycles. The van der Waals surface area contributed by atoms with Crippen LogP contribution in [0.1, 0.15) is 11.6 Å². The van der Waals surface area contributed by atoms with Gasteiger partial charge in [-0.05, 0) is 0 Å². The number of alkyl halides is 3. The van der Waals surface area contributed by atoms with Crippen molar-refractivity contribution in [1.82, 2.24) is 10.6 Å². The summed E-state index contributed by atoms with van der Waals surface area (Å²) >= 11 is 0. The molecule has 1 unspecified atom stereocenters. The molecule has 2 rings (SSSR count). The molecule has 1 aromatic rings. The summed E-state index contributed by atoms with van der Waals surface area (Å²) < 4.78 is 64.3. The Kier molecular flexibility index (Phi) is 8.07. The average molecular weight is 442 g/mol. The average Bonchev–Trinajstić information content (AvgIpc) is 2.59. The predicted molar refractivity (Wildman–Crippen MR) is 91.0 cm³/mol. The molecule has 14 heteroatoms. The highest BCUT2D eigenvalue weighted by atomic mass is 19.4. The molecule has 1 atom stereocenters. The number of primary amides is 1. The fourth-order valence-electron chi connectivity index (χ4n) is 2.29. The monoisotopic (exact) mass is 442 g/mol. The number of hydrogen-bond donors (Lipinski definition) is 5. The zero-order valence-corrected chi connectivity index (χ0v) is 15.5. The van der Waals surface area contributed by atoms with Crippen molar-refractivity contribution in [2.75, 3.05) is 26.7 Å². The molecular weight excluding hydrogens is 423 g/mol. The van der Waals surface area contributed by atoms with Crippen LogP contribution in [0, 0.1) is 17.0 Å². The van der Waals surface area contributed by atoms with Crippen LogP contribution in [0.15, 0.2) is 12.1 Å². The van der Waals surface area contributed by atoms with Gasteiger partial charge in [-0.25, -0.2) is 13.6 Å². The molecule has 1 saturated heterocycles. The molecule has 0 spiro atoms. The van der Waals surface area contributed by atoms with Gasteiger partial charge in [0.05, 0.1) is 18.1 Å². The molecule has 0 bridgehead atoms. The number of amides is 2. The quantitative estimate of drug-likeness (QED) is 0.382. The molecule has 0 aliphatic carbocycles. The van der Waals surface area contributed by atoms with Crippen LogP contribution in [0.2, 0.25) is 0 Å². The summed E-state index contributed by atoms with van der Waals surface area (Å²) in [5.41, 5.74) is 9.46. The smallest absolute Gasteiger partial charge is 0.490 e. The van der Waals surface area contributed by atoms with Gasteiger partial charge < -0.3 is 31.9 Å². The fourth-order valence-corrected chi connectivity index (χ4v) is 2.29. The number of carboxylic acids is 1. The summed E-state index contributed by atoms with van der Waals surface area (Å²) in [5, 5.41) is 12.4. The van der Waals surface area contributed by atoms with E-state index in [2.05, 4.69) is 10.6 Å². The molecule has 7 N–H and O–H groups in total. The first-order valence-electron chi connectivity index (χ1n) is 8.12. The van der Waals surface area contributed by atoms with Gasteiger partial charge in [0.2, 0.25) is 11.8 Å². The minimum Gasteiger partial charge on any atom is -0.497 e. The molecule has 1 aliphatic rings. The van der Waals surface area contributed by atoms with E-state index in [1.54, 1.807) is 0 Å². The lowest BCUT2D eigenvalue weighted by molar-refractivity contribution is -0.192. The SMILES string of the molecule is COc1cc(F)c(C(N)C(=O)NCC2(C(N)=O)CNC2)c(F)c1.O=C(O)C(F)(F)F. The van der Waals surface area contributed by atoms with Crippen LogP contribution in [0.5, 0.6) is 5.75 Å². The lowest BCUT2D eigenvalue weighted by Crippen LogP contribution is -2.65. The molecule has 1 fully saturated rings. The van der Waals surface area contributed by atoms with Gasteiger partial charge in [-0.1, -0.05) is 0 Å². The zero-order valence-electron chi connectivity index (χ0n) is 15.5. The second-order valence-electron chi connectivity index (χ2n) is 6.25. The van der Waals surface area contributed by atoms with Crippen LogP contribution in [-0.4, -0.2) is 55.8 Å². The van der Waals surface area contributed by atoms with Crippen LogP contribution in [0.4, 0.5) is 22.0 Å². The number of carbonyl (C=O) groups is 3. The van der Waals surface area contributed by atoms with Crippen molar-refractivity contribution in [3.05, 3.63) is 29.3 Å². The first kappa shape index (κ1) is 25.0. The number of carboxylic acid groups (broad SMARTS) is 1. The number of ether oxygens (including phenoxy) is 1. The van der Waals surface area contributed by atoms with E-state index < -0.39 is 52.6 Å². The molecule has 30 heavy (non-hydrogen) atoms. The van der Waals surface area contributed by atoms with E-state index in [0.717, 1.165) is 12.1 Å². The first-order chi connectivity index (χ1) is 13.7. The third kappa shape index (κ3) is 6.00. The van der Waals surface area contributed by atoms with E-state index in [9.17, 15) is 31.5 Å².